The molecule has 0 aromatic carbocycles. The Hall–Kier alpha value is -1.65. The highest BCUT2D eigenvalue weighted by atomic mass is 16.5. The van der Waals surface area contributed by atoms with Crippen molar-refractivity contribution in [3.8, 4) is 0 Å². The summed E-state index contributed by atoms with van der Waals surface area (Å²) in [5.41, 5.74) is 0. The van der Waals surface area contributed by atoms with Crippen molar-refractivity contribution in [3.05, 3.63) is 12.2 Å². The minimum absolute atomic E-state index is 0.0623. The Morgan fingerprint density at radius 3 is 2.16 bits per heavy atom. The first kappa shape index (κ1) is 18.2. The Labute approximate surface area is 149 Å². The molecule has 1 aliphatic heterocycles. The molecule has 0 N–H and O–H groups in total. The van der Waals surface area contributed by atoms with E-state index in [9.17, 15) is 14.4 Å². The van der Waals surface area contributed by atoms with Crippen molar-refractivity contribution in [1.29, 1.82) is 0 Å². The molecule has 0 aromatic rings. The van der Waals surface area contributed by atoms with Crippen molar-refractivity contribution in [2.24, 2.45) is 17.8 Å². The number of imide groups is 1. The average molecular weight is 347 g/mol. The lowest BCUT2D eigenvalue weighted by Crippen LogP contribution is -2.48. The number of ether oxygens (including phenoxy) is 1. The van der Waals surface area contributed by atoms with Gasteiger partial charge in [0.15, 0.2) is 0 Å². The predicted octanol–water partition coefficient (Wildman–Crippen LogP) is 3.23. The van der Waals surface area contributed by atoms with Crippen LogP contribution in [0.4, 0.5) is 0 Å². The summed E-state index contributed by atoms with van der Waals surface area (Å²) >= 11 is 0. The summed E-state index contributed by atoms with van der Waals surface area (Å²) in [5.74, 6) is -1.17. The van der Waals surface area contributed by atoms with Crippen LogP contribution in [0.2, 0.25) is 0 Å². The number of nitrogens with zero attached hydrogens (tertiary/aromatic N) is 1. The van der Waals surface area contributed by atoms with E-state index in [-0.39, 0.29) is 35.7 Å². The molecule has 2 fully saturated rings. The second-order valence-electron chi connectivity index (χ2n) is 8.04. The van der Waals surface area contributed by atoms with Gasteiger partial charge in [-0.25, -0.2) is 4.79 Å². The highest BCUT2D eigenvalue weighted by molar-refractivity contribution is 6.08. The van der Waals surface area contributed by atoms with Gasteiger partial charge in [-0.1, -0.05) is 32.4 Å². The van der Waals surface area contributed by atoms with Gasteiger partial charge in [0.05, 0.1) is 11.8 Å². The molecule has 2 aliphatic carbocycles. The van der Waals surface area contributed by atoms with Crippen LogP contribution in [0.15, 0.2) is 12.2 Å². The molecule has 5 heteroatoms. The topological polar surface area (TPSA) is 63.7 Å². The van der Waals surface area contributed by atoms with Crippen LogP contribution < -0.4 is 0 Å². The fourth-order valence-electron chi connectivity index (χ4n) is 4.31. The molecule has 5 nitrogen and oxygen atoms in total. The van der Waals surface area contributed by atoms with Crippen LogP contribution in [0.25, 0.3) is 0 Å². The van der Waals surface area contributed by atoms with E-state index in [1.165, 1.54) is 11.3 Å². The van der Waals surface area contributed by atoms with Crippen molar-refractivity contribution >= 4 is 17.8 Å². The monoisotopic (exact) mass is 347 g/mol. The lowest BCUT2D eigenvalue weighted by Gasteiger charge is -2.29. The maximum Gasteiger partial charge on any atom is 0.329 e. The van der Waals surface area contributed by atoms with Gasteiger partial charge in [0.1, 0.15) is 12.1 Å². The zero-order valence-electron chi connectivity index (χ0n) is 15.3. The molecule has 138 valence electrons. The van der Waals surface area contributed by atoms with E-state index in [0.29, 0.717) is 19.3 Å². The standard InChI is InChI=1S/C20H29NO4/c1-13(2)12-17(20(24)25-14-8-4-3-5-9-14)21-18(22)15-10-6-7-11-16(15)19(21)23/h6-7,13-17H,3-5,8-12H2,1-2H3. The van der Waals surface area contributed by atoms with E-state index in [0.717, 1.165) is 25.7 Å². The van der Waals surface area contributed by atoms with E-state index in [1.807, 2.05) is 26.0 Å². The Morgan fingerprint density at radius 2 is 1.64 bits per heavy atom. The van der Waals surface area contributed by atoms with E-state index >= 15 is 0 Å². The van der Waals surface area contributed by atoms with E-state index in [1.54, 1.807) is 0 Å². The second kappa shape index (κ2) is 7.71. The van der Waals surface area contributed by atoms with Crippen molar-refractivity contribution in [3.63, 3.8) is 0 Å². The molecule has 2 amide bonds. The number of rotatable bonds is 5. The highest BCUT2D eigenvalue weighted by Crippen LogP contribution is 2.37. The zero-order chi connectivity index (χ0) is 18.0. The molecule has 1 heterocycles. The van der Waals surface area contributed by atoms with E-state index in [4.69, 9.17) is 4.74 Å². The molecule has 1 saturated carbocycles. The summed E-state index contributed by atoms with van der Waals surface area (Å²) in [6.07, 6.45) is 10.6. The fourth-order valence-corrected chi connectivity index (χ4v) is 4.31. The van der Waals surface area contributed by atoms with Crippen LogP contribution >= 0.6 is 0 Å². The van der Waals surface area contributed by atoms with Crippen molar-refractivity contribution < 1.29 is 19.1 Å². The lowest BCUT2D eigenvalue weighted by molar-refractivity contribution is -0.164. The first-order valence-corrected chi connectivity index (χ1v) is 9.71. The number of allylic oxidation sites excluding steroid dienone is 2. The fraction of sp³-hybridized carbons (Fsp3) is 0.750. The third-order valence-corrected chi connectivity index (χ3v) is 5.66. The van der Waals surface area contributed by atoms with Gasteiger partial charge in [-0.2, -0.15) is 0 Å². The van der Waals surface area contributed by atoms with Gasteiger partial charge in [0.25, 0.3) is 0 Å². The summed E-state index contributed by atoms with van der Waals surface area (Å²) in [5, 5.41) is 0. The number of hydrogen-bond donors (Lipinski definition) is 0. The van der Waals surface area contributed by atoms with Gasteiger partial charge in [-0.3, -0.25) is 14.5 Å². The highest BCUT2D eigenvalue weighted by Gasteiger charge is 2.51. The molecule has 3 rings (SSSR count). The van der Waals surface area contributed by atoms with Gasteiger partial charge < -0.3 is 4.74 Å². The predicted molar refractivity (Wildman–Crippen MR) is 93.4 cm³/mol. The summed E-state index contributed by atoms with van der Waals surface area (Å²) < 4.78 is 5.72. The molecule has 0 bridgehead atoms. The van der Waals surface area contributed by atoms with Crippen molar-refractivity contribution in [2.75, 3.05) is 0 Å². The molecule has 3 unspecified atom stereocenters. The number of carbonyl (C=O) groups excluding carboxylic acids is 3. The van der Waals surface area contributed by atoms with Gasteiger partial charge in [-0.15, -0.1) is 0 Å². The zero-order valence-corrected chi connectivity index (χ0v) is 15.3. The molecule has 1 saturated heterocycles. The number of likely N-dealkylation sites (tertiary alicyclic amines) is 1. The number of amides is 2. The Kier molecular flexibility index (Phi) is 5.60. The van der Waals surface area contributed by atoms with Crippen LogP contribution in [0.5, 0.6) is 0 Å². The quantitative estimate of drug-likeness (QED) is 0.435. The molecular weight excluding hydrogens is 318 g/mol. The van der Waals surface area contributed by atoms with E-state index in [2.05, 4.69) is 0 Å². The third kappa shape index (κ3) is 3.80. The lowest BCUT2D eigenvalue weighted by atomic mass is 9.85. The molecule has 3 atom stereocenters. The molecule has 0 spiro atoms. The number of esters is 1. The van der Waals surface area contributed by atoms with Crippen LogP contribution in [0, 0.1) is 17.8 Å². The Bertz CT molecular complexity index is 536. The maximum absolute atomic E-state index is 12.8. The summed E-state index contributed by atoms with van der Waals surface area (Å²) in [7, 11) is 0. The minimum Gasteiger partial charge on any atom is -0.461 e. The van der Waals surface area contributed by atoms with Crippen LogP contribution in [0.1, 0.15) is 65.2 Å². The Balaban J connectivity index is 1.76. The first-order chi connectivity index (χ1) is 12.0. The SMILES string of the molecule is CC(C)CC(C(=O)OC1CCCCC1)N1C(=O)C2CC=CCC2C1=O. The third-order valence-electron chi connectivity index (χ3n) is 5.66. The number of fused-ring (bicyclic) bond motifs is 1. The molecule has 0 aromatic heterocycles. The van der Waals surface area contributed by atoms with Crippen LogP contribution in [-0.4, -0.2) is 34.8 Å². The number of hydrogen-bond acceptors (Lipinski definition) is 4. The summed E-state index contributed by atoms with van der Waals surface area (Å²) in [4.78, 5) is 39.8. The molecule has 0 radical (unpaired) electrons. The second-order valence-corrected chi connectivity index (χ2v) is 8.04. The van der Waals surface area contributed by atoms with Crippen molar-refractivity contribution in [1.82, 2.24) is 4.90 Å². The Morgan fingerprint density at radius 1 is 1.08 bits per heavy atom. The van der Waals surface area contributed by atoms with E-state index < -0.39 is 12.0 Å². The molecule has 25 heavy (non-hydrogen) atoms. The van der Waals surface area contributed by atoms with Gasteiger partial charge >= 0.3 is 5.97 Å². The summed E-state index contributed by atoms with van der Waals surface area (Å²) in [6, 6.07) is -0.771. The maximum atomic E-state index is 12.8. The van der Waals surface area contributed by atoms with Gasteiger partial charge in [0.2, 0.25) is 11.8 Å². The molecular formula is C20H29NO4. The largest absolute Gasteiger partial charge is 0.461 e. The van der Waals surface area contributed by atoms with Gasteiger partial charge in [-0.05, 0) is 50.9 Å². The molecule has 3 aliphatic rings. The smallest absolute Gasteiger partial charge is 0.329 e. The minimum atomic E-state index is -0.771. The van der Waals surface area contributed by atoms with Crippen LogP contribution in [-0.2, 0) is 19.1 Å². The average Bonchev–Trinajstić information content (AvgIpc) is 2.85. The first-order valence-electron chi connectivity index (χ1n) is 9.71. The normalized spacial score (nSPS) is 28.4. The van der Waals surface area contributed by atoms with Crippen molar-refractivity contribution in [2.45, 2.75) is 77.4 Å². The van der Waals surface area contributed by atoms with Gasteiger partial charge in [0, 0.05) is 0 Å². The summed E-state index contributed by atoms with van der Waals surface area (Å²) in [6.45, 7) is 4.00. The van der Waals surface area contributed by atoms with Crippen LogP contribution in [0.3, 0.4) is 0 Å². The number of carbonyl (C=O) groups is 3.